The zero-order valence-electron chi connectivity index (χ0n) is 11.0. The van der Waals surface area contributed by atoms with E-state index in [4.69, 9.17) is 0 Å². The number of aromatic nitrogens is 1. The van der Waals surface area contributed by atoms with E-state index in [0.717, 1.165) is 12.1 Å². The summed E-state index contributed by atoms with van der Waals surface area (Å²) in [7, 11) is 0. The summed E-state index contributed by atoms with van der Waals surface area (Å²) in [6, 6.07) is 7.96. The molecule has 0 amide bonds. The Morgan fingerprint density at radius 1 is 1.21 bits per heavy atom. The number of hydrogen-bond donors (Lipinski definition) is 1. The maximum Gasteiger partial charge on any atom is 0.141 e. The van der Waals surface area contributed by atoms with Crippen molar-refractivity contribution < 1.29 is 8.78 Å². The van der Waals surface area contributed by atoms with Crippen LogP contribution in [0.5, 0.6) is 0 Å². The topological polar surface area (TPSA) is 24.9 Å². The maximum absolute atomic E-state index is 13.5. The first kappa shape index (κ1) is 13.5. The molecule has 100 valence electrons. The number of rotatable bonds is 4. The average Bonchev–Trinajstić information content (AvgIpc) is 2.41. The smallest absolute Gasteiger partial charge is 0.141 e. The molecule has 1 heterocycles. The molecule has 4 heteroatoms. The molecule has 1 atom stereocenters. The molecule has 0 saturated heterocycles. The van der Waals surface area contributed by atoms with Gasteiger partial charge in [-0.1, -0.05) is 13.0 Å². The fraction of sp³-hybridized carbons (Fsp3) is 0.267. The number of nitrogens with zero attached hydrogens (tertiary/aromatic N) is 1. The second-order valence-electron chi connectivity index (χ2n) is 4.47. The van der Waals surface area contributed by atoms with Crippen molar-refractivity contribution in [1.29, 1.82) is 0 Å². The highest BCUT2D eigenvalue weighted by Gasteiger charge is 2.11. The number of hydrogen-bond acceptors (Lipinski definition) is 2. The van der Waals surface area contributed by atoms with Gasteiger partial charge in [0.15, 0.2) is 0 Å². The quantitative estimate of drug-likeness (QED) is 0.891. The summed E-state index contributed by atoms with van der Waals surface area (Å²) in [6.45, 7) is 3.71. The number of pyridine rings is 1. The molecule has 0 spiro atoms. The van der Waals surface area contributed by atoms with Crippen LogP contribution in [-0.4, -0.2) is 4.98 Å². The van der Waals surface area contributed by atoms with Crippen molar-refractivity contribution in [2.75, 3.05) is 5.32 Å². The summed E-state index contributed by atoms with van der Waals surface area (Å²) in [5.41, 5.74) is 2.05. The summed E-state index contributed by atoms with van der Waals surface area (Å²) < 4.78 is 26.3. The zero-order valence-corrected chi connectivity index (χ0v) is 11.0. The first-order valence-electron chi connectivity index (χ1n) is 6.24. The lowest BCUT2D eigenvalue weighted by molar-refractivity contribution is 0.613. The molecule has 1 aromatic heterocycles. The van der Waals surface area contributed by atoms with Gasteiger partial charge in [0.2, 0.25) is 0 Å². The van der Waals surface area contributed by atoms with Crippen LogP contribution in [0.2, 0.25) is 0 Å². The third-order valence-electron chi connectivity index (χ3n) is 3.03. The van der Waals surface area contributed by atoms with Crippen molar-refractivity contribution in [3.63, 3.8) is 0 Å². The first-order valence-corrected chi connectivity index (χ1v) is 6.24. The summed E-state index contributed by atoms with van der Waals surface area (Å²) in [5.74, 6) is -0.605. The summed E-state index contributed by atoms with van der Waals surface area (Å²) in [6.07, 6.45) is 1.96. The minimum Gasteiger partial charge on any atom is -0.377 e. The average molecular weight is 262 g/mol. The van der Waals surface area contributed by atoms with Crippen LogP contribution in [0.25, 0.3) is 0 Å². The minimum atomic E-state index is -0.361. The molecular weight excluding hydrogens is 246 g/mol. The highest BCUT2D eigenvalue weighted by molar-refractivity contribution is 5.46. The lowest BCUT2D eigenvalue weighted by Crippen LogP contribution is -2.11. The van der Waals surface area contributed by atoms with Crippen molar-refractivity contribution in [1.82, 2.24) is 4.98 Å². The summed E-state index contributed by atoms with van der Waals surface area (Å²) in [5, 5.41) is 3.21. The Bertz CT molecular complexity index is 553. The molecular formula is C15H16F2N2. The molecule has 0 aliphatic heterocycles. The maximum atomic E-state index is 13.5. The molecule has 0 bridgehead atoms. The molecule has 1 unspecified atom stereocenters. The molecule has 0 aliphatic carbocycles. The van der Waals surface area contributed by atoms with E-state index in [9.17, 15) is 8.78 Å². The van der Waals surface area contributed by atoms with E-state index in [1.54, 1.807) is 19.1 Å². The highest BCUT2D eigenvalue weighted by Crippen LogP contribution is 2.22. The molecule has 19 heavy (non-hydrogen) atoms. The lowest BCUT2D eigenvalue weighted by atomic mass is 10.1. The Kier molecular flexibility index (Phi) is 4.10. The van der Waals surface area contributed by atoms with Crippen LogP contribution in [0.1, 0.15) is 30.6 Å². The highest BCUT2D eigenvalue weighted by atomic mass is 19.1. The molecule has 1 N–H and O–H groups in total. The van der Waals surface area contributed by atoms with E-state index in [-0.39, 0.29) is 17.7 Å². The minimum absolute atomic E-state index is 0.0669. The van der Waals surface area contributed by atoms with Crippen LogP contribution in [0, 0.1) is 18.6 Å². The number of halogens is 2. The summed E-state index contributed by atoms with van der Waals surface area (Å²) in [4.78, 5) is 4.05. The van der Waals surface area contributed by atoms with Gasteiger partial charge in [0.05, 0.1) is 17.9 Å². The Morgan fingerprint density at radius 2 is 2.00 bits per heavy atom. The van der Waals surface area contributed by atoms with Gasteiger partial charge < -0.3 is 5.32 Å². The van der Waals surface area contributed by atoms with Crippen molar-refractivity contribution in [3.05, 3.63) is 59.4 Å². The Morgan fingerprint density at radius 3 is 2.58 bits per heavy atom. The molecule has 1 aromatic carbocycles. The molecule has 0 fully saturated rings. The van der Waals surface area contributed by atoms with Crippen LogP contribution in [0.3, 0.4) is 0 Å². The molecule has 2 nitrogen and oxygen atoms in total. The number of benzene rings is 1. The lowest BCUT2D eigenvalue weighted by Gasteiger charge is -2.18. The van der Waals surface area contributed by atoms with E-state index < -0.39 is 0 Å². The van der Waals surface area contributed by atoms with Gasteiger partial charge in [0, 0.05) is 5.69 Å². The van der Waals surface area contributed by atoms with Gasteiger partial charge >= 0.3 is 0 Å². The van der Waals surface area contributed by atoms with Gasteiger partial charge in [-0.25, -0.2) is 8.78 Å². The first-order chi connectivity index (χ1) is 9.10. The number of anilines is 1. The van der Waals surface area contributed by atoms with Gasteiger partial charge in [0.1, 0.15) is 11.6 Å². The van der Waals surface area contributed by atoms with Gasteiger partial charge in [0.25, 0.3) is 0 Å². The zero-order chi connectivity index (χ0) is 13.8. The second-order valence-corrected chi connectivity index (χ2v) is 4.47. The van der Waals surface area contributed by atoms with Gasteiger partial charge in [-0.2, -0.15) is 0 Å². The Hall–Kier alpha value is -1.97. The van der Waals surface area contributed by atoms with Crippen LogP contribution < -0.4 is 5.32 Å². The third kappa shape index (κ3) is 3.28. The molecule has 0 radical (unpaired) electrons. The van der Waals surface area contributed by atoms with Gasteiger partial charge in [-0.15, -0.1) is 0 Å². The largest absolute Gasteiger partial charge is 0.377 e. The van der Waals surface area contributed by atoms with Gasteiger partial charge in [-0.3, -0.25) is 4.98 Å². The second kappa shape index (κ2) is 5.78. The fourth-order valence-corrected chi connectivity index (χ4v) is 1.86. The SMILES string of the molecule is CCC(Nc1ccc(C)c(F)c1)c1ccc(F)cn1. The molecule has 0 aliphatic rings. The van der Waals surface area contributed by atoms with Crippen LogP contribution >= 0.6 is 0 Å². The van der Waals surface area contributed by atoms with Crippen molar-refractivity contribution in [2.45, 2.75) is 26.3 Å². The van der Waals surface area contributed by atoms with E-state index >= 15 is 0 Å². The fourth-order valence-electron chi connectivity index (χ4n) is 1.86. The Labute approximate surface area is 111 Å². The monoisotopic (exact) mass is 262 g/mol. The standard InChI is InChI=1S/C15H16F2N2/c1-3-14(15-7-5-11(16)9-18-15)19-12-6-4-10(2)13(17)8-12/h4-9,14,19H,3H2,1-2H3. The molecule has 2 rings (SSSR count). The molecule has 2 aromatic rings. The van der Waals surface area contributed by atoms with Crippen molar-refractivity contribution in [3.8, 4) is 0 Å². The predicted octanol–water partition coefficient (Wildman–Crippen LogP) is 4.23. The van der Waals surface area contributed by atoms with Crippen molar-refractivity contribution >= 4 is 5.69 Å². The number of nitrogens with one attached hydrogen (secondary N) is 1. The predicted molar refractivity (Wildman–Crippen MR) is 72.0 cm³/mol. The summed E-state index contributed by atoms with van der Waals surface area (Å²) >= 11 is 0. The number of aryl methyl sites for hydroxylation is 1. The van der Waals surface area contributed by atoms with Crippen LogP contribution in [-0.2, 0) is 0 Å². The van der Waals surface area contributed by atoms with E-state index in [1.165, 1.54) is 18.3 Å². The molecule has 0 saturated carbocycles. The van der Waals surface area contributed by atoms with Crippen LogP contribution in [0.4, 0.5) is 14.5 Å². The van der Waals surface area contributed by atoms with E-state index in [1.807, 2.05) is 13.0 Å². The van der Waals surface area contributed by atoms with Crippen LogP contribution in [0.15, 0.2) is 36.5 Å². The van der Waals surface area contributed by atoms with E-state index in [0.29, 0.717) is 11.3 Å². The van der Waals surface area contributed by atoms with Crippen molar-refractivity contribution in [2.24, 2.45) is 0 Å². The Balaban J connectivity index is 2.18. The normalized spacial score (nSPS) is 12.2. The third-order valence-corrected chi connectivity index (χ3v) is 3.03. The van der Waals surface area contributed by atoms with Gasteiger partial charge in [-0.05, 0) is 43.2 Å². The van der Waals surface area contributed by atoms with E-state index in [2.05, 4.69) is 10.3 Å².